The summed E-state index contributed by atoms with van der Waals surface area (Å²) in [6.45, 7) is 3.65. The van der Waals surface area contributed by atoms with E-state index in [1.807, 2.05) is 25.1 Å². The van der Waals surface area contributed by atoms with Gasteiger partial charge in [-0.3, -0.25) is 4.72 Å². The fraction of sp³-hybridized carbons (Fsp3) is 0.235. The van der Waals surface area contributed by atoms with Crippen molar-refractivity contribution >= 4 is 37.3 Å². The van der Waals surface area contributed by atoms with Gasteiger partial charge in [0.1, 0.15) is 0 Å². The first-order valence-electron chi connectivity index (χ1n) is 7.74. The molecule has 0 atom stereocenters. The Morgan fingerprint density at radius 2 is 2.04 bits per heavy atom. The van der Waals surface area contributed by atoms with E-state index in [1.165, 1.54) is 16.9 Å². The summed E-state index contributed by atoms with van der Waals surface area (Å²) in [6.07, 6.45) is 0.976. The summed E-state index contributed by atoms with van der Waals surface area (Å²) in [7, 11) is -3.61. The molecule has 124 valence electrons. The molecule has 7 heteroatoms. The number of rotatable bonds is 3. The maximum atomic E-state index is 12.7. The summed E-state index contributed by atoms with van der Waals surface area (Å²) < 4.78 is 28.9. The average molecular weight is 359 g/mol. The molecular formula is C17H17N3O2S2. The van der Waals surface area contributed by atoms with Crippen LogP contribution in [0.15, 0.2) is 41.3 Å². The van der Waals surface area contributed by atoms with E-state index in [2.05, 4.69) is 15.0 Å². The molecule has 0 unspecified atom stereocenters. The molecule has 2 heterocycles. The van der Waals surface area contributed by atoms with E-state index in [9.17, 15) is 8.42 Å². The minimum atomic E-state index is -3.61. The standard InChI is InChI=1S/C17H17N3O2S2/c1-11-19-16-5-4-15(9-17(16)23-11)24(21,22)20-14-3-2-12-6-7-18-10-13(12)8-14/h2-5,8-9,18,20H,6-7,10H2,1H3. The van der Waals surface area contributed by atoms with Crippen LogP contribution in [0.2, 0.25) is 0 Å². The van der Waals surface area contributed by atoms with Gasteiger partial charge in [0, 0.05) is 12.2 Å². The predicted molar refractivity (Wildman–Crippen MR) is 97.0 cm³/mol. The second-order valence-electron chi connectivity index (χ2n) is 5.88. The largest absolute Gasteiger partial charge is 0.312 e. The highest BCUT2D eigenvalue weighted by Crippen LogP contribution is 2.26. The lowest BCUT2D eigenvalue weighted by molar-refractivity contribution is 0.601. The molecule has 0 radical (unpaired) electrons. The first-order valence-corrected chi connectivity index (χ1v) is 10.0. The SMILES string of the molecule is Cc1nc2ccc(S(=O)(=O)Nc3ccc4c(c3)CNCC4)cc2s1. The third-order valence-corrected chi connectivity index (χ3v) is 6.43. The number of hydrogen-bond donors (Lipinski definition) is 2. The molecule has 1 aliphatic rings. The summed E-state index contributed by atoms with van der Waals surface area (Å²) in [5.41, 5.74) is 3.85. The second kappa shape index (κ2) is 5.84. The van der Waals surface area contributed by atoms with E-state index >= 15 is 0 Å². The molecule has 2 N–H and O–H groups in total. The lowest BCUT2D eigenvalue weighted by atomic mass is 10.0. The Hall–Kier alpha value is -1.96. The summed E-state index contributed by atoms with van der Waals surface area (Å²) in [6, 6.07) is 10.8. The van der Waals surface area contributed by atoms with Crippen LogP contribution in [0.25, 0.3) is 10.2 Å². The smallest absolute Gasteiger partial charge is 0.261 e. The summed E-state index contributed by atoms with van der Waals surface area (Å²) >= 11 is 1.50. The summed E-state index contributed by atoms with van der Waals surface area (Å²) in [5.74, 6) is 0. The average Bonchev–Trinajstić information content (AvgIpc) is 2.93. The Bertz CT molecular complexity index is 1030. The number of nitrogens with one attached hydrogen (secondary N) is 2. The van der Waals surface area contributed by atoms with Gasteiger partial charge >= 0.3 is 0 Å². The number of hydrogen-bond acceptors (Lipinski definition) is 5. The molecular weight excluding hydrogens is 342 g/mol. The van der Waals surface area contributed by atoms with E-state index in [1.54, 1.807) is 18.2 Å². The number of thiazole rings is 1. The fourth-order valence-corrected chi connectivity index (χ4v) is 4.96. The topological polar surface area (TPSA) is 71.1 Å². The lowest BCUT2D eigenvalue weighted by Crippen LogP contribution is -2.23. The van der Waals surface area contributed by atoms with Gasteiger partial charge in [-0.2, -0.15) is 0 Å². The van der Waals surface area contributed by atoms with Crippen molar-refractivity contribution in [1.82, 2.24) is 10.3 Å². The Kier molecular flexibility index (Phi) is 3.79. The number of fused-ring (bicyclic) bond motifs is 2. The molecule has 3 aromatic rings. The van der Waals surface area contributed by atoms with Crippen LogP contribution >= 0.6 is 11.3 Å². The van der Waals surface area contributed by atoms with Crippen LogP contribution in [0, 0.1) is 6.92 Å². The summed E-state index contributed by atoms with van der Waals surface area (Å²) in [5, 5.41) is 4.23. The summed E-state index contributed by atoms with van der Waals surface area (Å²) in [4.78, 5) is 4.62. The number of aromatic nitrogens is 1. The minimum absolute atomic E-state index is 0.259. The van der Waals surface area contributed by atoms with Gasteiger partial charge in [0.05, 0.1) is 20.1 Å². The van der Waals surface area contributed by atoms with Crippen LogP contribution in [0.1, 0.15) is 16.1 Å². The minimum Gasteiger partial charge on any atom is -0.312 e. The van der Waals surface area contributed by atoms with E-state index in [4.69, 9.17) is 0 Å². The van der Waals surface area contributed by atoms with E-state index in [-0.39, 0.29) is 4.90 Å². The van der Waals surface area contributed by atoms with Gasteiger partial charge in [-0.15, -0.1) is 11.3 Å². The highest BCUT2D eigenvalue weighted by Gasteiger charge is 2.17. The molecule has 2 aromatic carbocycles. The number of nitrogens with zero attached hydrogens (tertiary/aromatic N) is 1. The quantitative estimate of drug-likeness (QED) is 0.754. The molecule has 0 spiro atoms. The van der Waals surface area contributed by atoms with Crippen molar-refractivity contribution in [2.75, 3.05) is 11.3 Å². The molecule has 0 saturated heterocycles. The van der Waals surface area contributed by atoms with E-state index in [0.717, 1.165) is 40.3 Å². The van der Waals surface area contributed by atoms with Crippen molar-refractivity contribution in [2.24, 2.45) is 0 Å². The van der Waals surface area contributed by atoms with E-state index in [0.29, 0.717) is 5.69 Å². The molecule has 1 aliphatic heterocycles. The van der Waals surface area contributed by atoms with Gasteiger partial charge in [-0.05, 0) is 61.3 Å². The van der Waals surface area contributed by atoms with Crippen molar-refractivity contribution in [3.63, 3.8) is 0 Å². The van der Waals surface area contributed by atoms with Gasteiger partial charge in [0.25, 0.3) is 10.0 Å². The highest BCUT2D eigenvalue weighted by molar-refractivity contribution is 7.92. The predicted octanol–water partition coefficient (Wildman–Crippen LogP) is 3.05. The fourth-order valence-electron chi connectivity index (χ4n) is 2.95. The Morgan fingerprint density at radius 1 is 1.17 bits per heavy atom. The first kappa shape index (κ1) is 15.6. The normalized spacial score (nSPS) is 14.5. The molecule has 4 rings (SSSR count). The van der Waals surface area contributed by atoms with Crippen molar-refractivity contribution in [3.8, 4) is 0 Å². The van der Waals surface area contributed by atoms with Gasteiger partial charge < -0.3 is 5.32 Å². The number of sulfonamides is 1. The zero-order chi connectivity index (χ0) is 16.7. The van der Waals surface area contributed by atoms with Crippen LogP contribution in [0.3, 0.4) is 0 Å². The zero-order valence-corrected chi connectivity index (χ0v) is 14.8. The molecule has 0 saturated carbocycles. The van der Waals surface area contributed by atoms with Crippen LogP contribution < -0.4 is 10.0 Å². The van der Waals surface area contributed by atoms with Crippen molar-refractivity contribution in [1.29, 1.82) is 0 Å². The van der Waals surface area contributed by atoms with Gasteiger partial charge in [-0.25, -0.2) is 13.4 Å². The number of aryl methyl sites for hydroxylation is 1. The van der Waals surface area contributed by atoms with Gasteiger partial charge in [-0.1, -0.05) is 6.07 Å². The Morgan fingerprint density at radius 3 is 2.92 bits per heavy atom. The highest BCUT2D eigenvalue weighted by atomic mass is 32.2. The molecule has 0 bridgehead atoms. The molecule has 0 amide bonds. The van der Waals surface area contributed by atoms with Crippen molar-refractivity contribution in [3.05, 3.63) is 52.5 Å². The third kappa shape index (κ3) is 2.90. The third-order valence-electron chi connectivity index (χ3n) is 4.12. The van der Waals surface area contributed by atoms with Gasteiger partial charge in [0.15, 0.2) is 0 Å². The maximum absolute atomic E-state index is 12.7. The van der Waals surface area contributed by atoms with Crippen LogP contribution in [-0.2, 0) is 23.0 Å². The lowest BCUT2D eigenvalue weighted by Gasteiger charge is -2.18. The molecule has 0 fully saturated rings. The maximum Gasteiger partial charge on any atom is 0.261 e. The van der Waals surface area contributed by atoms with Crippen LogP contribution in [0.4, 0.5) is 5.69 Å². The monoisotopic (exact) mass is 359 g/mol. The molecule has 24 heavy (non-hydrogen) atoms. The Balaban J connectivity index is 1.66. The van der Waals surface area contributed by atoms with Crippen molar-refractivity contribution < 1.29 is 8.42 Å². The second-order valence-corrected chi connectivity index (χ2v) is 8.80. The molecule has 1 aromatic heterocycles. The Labute approximate surface area is 144 Å². The van der Waals surface area contributed by atoms with Crippen LogP contribution in [-0.4, -0.2) is 19.9 Å². The number of anilines is 1. The van der Waals surface area contributed by atoms with Crippen molar-refractivity contribution in [2.45, 2.75) is 24.8 Å². The first-order chi connectivity index (χ1) is 11.5. The number of benzene rings is 2. The molecule has 5 nitrogen and oxygen atoms in total. The van der Waals surface area contributed by atoms with Crippen LogP contribution in [0.5, 0.6) is 0 Å². The van der Waals surface area contributed by atoms with E-state index < -0.39 is 10.0 Å². The molecule has 0 aliphatic carbocycles. The van der Waals surface area contributed by atoms with Gasteiger partial charge in [0.2, 0.25) is 0 Å². The zero-order valence-electron chi connectivity index (χ0n) is 13.2.